The van der Waals surface area contributed by atoms with Gasteiger partial charge in [0.15, 0.2) is 5.75 Å². The summed E-state index contributed by atoms with van der Waals surface area (Å²) in [7, 11) is 3.99. The zero-order valence-electron chi connectivity index (χ0n) is 10.4. The van der Waals surface area contributed by atoms with Gasteiger partial charge >= 0.3 is 0 Å². The molecule has 0 saturated carbocycles. The zero-order valence-corrected chi connectivity index (χ0v) is 10.4. The van der Waals surface area contributed by atoms with Gasteiger partial charge in [-0.1, -0.05) is 0 Å². The van der Waals surface area contributed by atoms with E-state index in [-0.39, 0.29) is 12.2 Å². The van der Waals surface area contributed by atoms with Crippen molar-refractivity contribution in [2.24, 2.45) is 0 Å². The normalized spacial score (nSPS) is 10.8. The van der Waals surface area contributed by atoms with Crippen LogP contribution in [-0.2, 0) is 6.54 Å². The highest BCUT2D eigenvalue weighted by atomic mass is 16.5. The van der Waals surface area contributed by atoms with Crippen LogP contribution in [0.25, 0.3) is 0 Å². The van der Waals surface area contributed by atoms with Crippen molar-refractivity contribution in [1.29, 1.82) is 0 Å². The van der Waals surface area contributed by atoms with E-state index in [1.165, 1.54) is 4.57 Å². The summed E-state index contributed by atoms with van der Waals surface area (Å²) < 4.78 is 6.88. The first-order chi connectivity index (χ1) is 8.15. The molecule has 1 aromatic rings. The maximum Gasteiger partial charge on any atom is 0.292 e. The number of aliphatic hydroxyl groups excluding tert-OH is 1. The van der Waals surface area contributed by atoms with Crippen LogP contribution in [0.4, 0.5) is 0 Å². The van der Waals surface area contributed by atoms with E-state index in [1.807, 2.05) is 14.1 Å². The number of aromatic nitrogens is 1. The number of hydrogen-bond donors (Lipinski definition) is 1. The SMILES string of the molecule is CN(C)CCCOc1cccn(CCO)c1=O. The van der Waals surface area contributed by atoms with E-state index in [4.69, 9.17) is 9.84 Å². The van der Waals surface area contributed by atoms with E-state index < -0.39 is 0 Å². The summed E-state index contributed by atoms with van der Waals surface area (Å²) in [4.78, 5) is 13.9. The second-order valence-corrected chi connectivity index (χ2v) is 4.10. The van der Waals surface area contributed by atoms with Crippen LogP contribution < -0.4 is 10.3 Å². The molecule has 1 rings (SSSR count). The third kappa shape index (κ3) is 4.58. The van der Waals surface area contributed by atoms with E-state index >= 15 is 0 Å². The summed E-state index contributed by atoms with van der Waals surface area (Å²) in [5.41, 5.74) is -0.189. The van der Waals surface area contributed by atoms with Gasteiger partial charge in [-0.05, 0) is 32.6 Å². The average molecular weight is 240 g/mol. The lowest BCUT2D eigenvalue weighted by Gasteiger charge is -2.11. The Bertz CT molecular complexity index is 388. The number of hydrogen-bond acceptors (Lipinski definition) is 4. The highest BCUT2D eigenvalue weighted by Crippen LogP contribution is 2.02. The Morgan fingerprint density at radius 1 is 1.47 bits per heavy atom. The Morgan fingerprint density at radius 2 is 2.24 bits per heavy atom. The quantitative estimate of drug-likeness (QED) is 0.690. The molecule has 0 aliphatic rings. The first-order valence-electron chi connectivity index (χ1n) is 5.73. The maximum atomic E-state index is 11.8. The van der Waals surface area contributed by atoms with Gasteiger partial charge in [-0.2, -0.15) is 0 Å². The van der Waals surface area contributed by atoms with Gasteiger partial charge < -0.3 is 19.3 Å². The molecule has 0 aliphatic heterocycles. The number of nitrogens with zero attached hydrogens (tertiary/aromatic N) is 2. The maximum absolute atomic E-state index is 11.8. The van der Waals surface area contributed by atoms with Crippen LogP contribution in [0.15, 0.2) is 23.1 Å². The minimum Gasteiger partial charge on any atom is -0.488 e. The minimum absolute atomic E-state index is 0.0516. The van der Waals surface area contributed by atoms with Crippen molar-refractivity contribution in [1.82, 2.24) is 9.47 Å². The van der Waals surface area contributed by atoms with Crippen molar-refractivity contribution in [3.8, 4) is 5.75 Å². The van der Waals surface area contributed by atoms with E-state index in [0.717, 1.165) is 13.0 Å². The van der Waals surface area contributed by atoms with Crippen LogP contribution in [0.2, 0.25) is 0 Å². The molecule has 0 aromatic carbocycles. The highest BCUT2D eigenvalue weighted by Gasteiger charge is 2.03. The molecule has 5 heteroatoms. The van der Waals surface area contributed by atoms with E-state index in [0.29, 0.717) is 18.9 Å². The predicted octanol–water partition coefficient (Wildman–Crippen LogP) is 0.171. The second-order valence-electron chi connectivity index (χ2n) is 4.10. The fourth-order valence-electron chi connectivity index (χ4n) is 1.47. The van der Waals surface area contributed by atoms with Crippen LogP contribution in [0.5, 0.6) is 5.75 Å². The molecule has 0 atom stereocenters. The highest BCUT2D eigenvalue weighted by molar-refractivity contribution is 5.17. The average Bonchev–Trinajstić information content (AvgIpc) is 2.29. The van der Waals surface area contributed by atoms with Gasteiger partial charge in [0.25, 0.3) is 5.56 Å². The molecule has 0 amide bonds. The molecule has 96 valence electrons. The second kappa shape index (κ2) is 7.09. The lowest BCUT2D eigenvalue weighted by atomic mass is 10.4. The van der Waals surface area contributed by atoms with Gasteiger partial charge in [-0.25, -0.2) is 0 Å². The number of aliphatic hydroxyl groups is 1. The van der Waals surface area contributed by atoms with Crippen molar-refractivity contribution in [3.63, 3.8) is 0 Å². The molecule has 0 bridgehead atoms. The Labute approximate surface area is 101 Å². The Kier molecular flexibility index (Phi) is 5.72. The third-order valence-corrected chi connectivity index (χ3v) is 2.33. The Hall–Kier alpha value is -1.33. The van der Waals surface area contributed by atoms with Crippen molar-refractivity contribution in [3.05, 3.63) is 28.7 Å². The molecule has 1 aromatic heterocycles. The molecule has 0 saturated heterocycles. The van der Waals surface area contributed by atoms with Crippen molar-refractivity contribution < 1.29 is 9.84 Å². The smallest absolute Gasteiger partial charge is 0.292 e. The standard InChI is InChI=1S/C12H20N2O3/c1-13(2)6-4-10-17-11-5-3-7-14(8-9-15)12(11)16/h3,5,7,15H,4,6,8-10H2,1-2H3. The van der Waals surface area contributed by atoms with E-state index in [1.54, 1.807) is 18.3 Å². The summed E-state index contributed by atoms with van der Waals surface area (Å²) >= 11 is 0. The van der Waals surface area contributed by atoms with Crippen LogP contribution >= 0.6 is 0 Å². The van der Waals surface area contributed by atoms with Crippen molar-refractivity contribution in [2.75, 3.05) is 33.9 Å². The topological polar surface area (TPSA) is 54.7 Å². The molecule has 1 heterocycles. The van der Waals surface area contributed by atoms with Gasteiger partial charge in [0.2, 0.25) is 0 Å². The third-order valence-electron chi connectivity index (χ3n) is 2.33. The van der Waals surface area contributed by atoms with Crippen LogP contribution in [0.1, 0.15) is 6.42 Å². The summed E-state index contributed by atoms with van der Waals surface area (Å²) in [5.74, 6) is 0.347. The largest absolute Gasteiger partial charge is 0.488 e. The fourth-order valence-corrected chi connectivity index (χ4v) is 1.47. The lowest BCUT2D eigenvalue weighted by molar-refractivity contribution is 0.264. The number of pyridine rings is 1. The molecule has 17 heavy (non-hydrogen) atoms. The molecule has 0 unspecified atom stereocenters. The van der Waals surface area contributed by atoms with Crippen LogP contribution in [-0.4, -0.2) is 48.4 Å². The Morgan fingerprint density at radius 3 is 2.88 bits per heavy atom. The number of ether oxygens (including phenoxy) is 1. The molecule has 0 fully saturated rings. The van der Waals surface area contributed by atoms with Gasteiger partial charge in [-0.3, -0.25) is 4.79 Å². The van der Waals surface area contributed by atoms with Gasteiger partial charge in [0.1, 0.15) is 0 Å². The summed E-state index contributed by atoms with van der Waals surface area (Å²) in [6.45, 7) is 1.70. The minimum atomic E-state index is -0.189. The van der Waals surface area contributed by atoms with Crippen molar-refractivity contribution >= 4 is 0 Å². The summed E-state index contributed by atoms with van der Waals surface area (Å²) in [6.07, 6.45) is 2.52. The zero-order chi connectivity index (χ0) is 12.7. The van der Waals surface area contributed by atoms with Crippen LogP contribution in [0.3, 0.4) is 0 Å². The summed E-state index contributed by atoms with van der Waals surface area (Å²) in [5, 5.41) is 8.80. The first-order valence-corrected chi connectivity index (χ1v) is 5.73. The molecule has 0 radical (unpaired) electrons. The van der Waals surface area contributed by atoms with Gasteiger partial charge in [0.05, 0.1) is 13.2 Å². The predicted molar refractivity (Wildman–Crippen MR) is 66.5 cm³/mol. The molecular weight excluding hydrogens is 220 g/mol. The van der Waals surface area contributed by atoms with Crippen molar-refractivity contribution in [2.45, 2.75) is 13.0 Å². The monoisotopic (exact) mass is 240 g/mol. The van der Waals surface area contributed by atoms with Gasteiger partial charge in [0, 0.05) is 19.3 Å². The molecule has 5 nitrogen and oxygen atoms in total. The Balaban J connectivity index is 2.53. The molecule has 0 spiro atoms. The first kappa shape index (κ1) is 13.7. The lowest BCUT2D eigenvalue weighted by Crippen LogP contribution is -2.23. The van der Waals surface area contributed by atoms with E-state index in [9.17, 15) is 4.79 Å². The molecule has 1 N–H and O–H groups in total. The fraction of sp³-hybridized carbons (Fsp3) is 0.583. The molecular formula is C12H20N2O3. The summed E-state index contributed by atoms with van der Waals surface area (Å²) in [6, 6.07) is 3.41. The van der Waals surface area contributed by atoms with Gasteiger partial charge in [-0.15, -0.1) is 0 Å². The van der Waals surface area contributed by atoms with E-state index in [2.05, 4.69) is 4.90 Å². The number of rotatable bonds is 7. The van der Waals surface area contributed by atoms with Crippen LogP contribution in [0, 0.1) is 0 Å². The molecule has 0 aliphatic carbocycles.